The molecule has 1 aliphatic rings. The van der Waals surface area contributed by atoms with Crippen molar-refractivity contribution < 1.29 is 0 Å². The maximum atomic E-state index is 5.24. The molecule has 0 bridgehead atoms. The van der Waals surface area contributed by atoms with Crippen molar-refractivity contribution in [3.63, 3.8) is 0 Å². The number of thiocarbonyl (C=S) groups is 1. The number of nitrogens with one attached hydrogen (secondary N) is 3. The van der Waals surface area contributed by atoms with Gasteiger partial charge in [0.15, 0.2) is 5.11 Å². The highest BCUT2D eigenvalue weighted by molar-refractivity contribution is 7.80. The number of hydrogen-bond acceptors (Lipinski definition) is 2. The van der Waals surface area contributed by atoms with Gasteiger partial charge >= 0.3 is 0 Å². The normalized spacial score (nSPS) is 17.0. The van der Waals surface area contributed by atoms with Crippen LogP contribution in [-0.4, -0.2) is 21.1 Å². The number of aromatic nitrogens is 2. The minimum Gasteiger partial charge on any atom is -0.360 e. The lowest BCUT2D eigenvalue weighted by Crippen LogP contribution is -2.42. The Labute approximate surface area is 101 Å². The fraction of sp³-hybridized carbons (Fsp3) is 0.636. The summed E-state index contributed by atoms with van der Waals surface area (Å²) in [6.07, 6.45) is 10.0. The molecule has 2 rings (SSSR count). The van der Waals surface area contributed by atoms with Gasteiger partial charge in [0.25, 0.3) is 0 Å². The molecule has 1 heterocycles. The lowest BCUT2D eigenvalue weighted by atomic mass is 9.96. The van der Waals surface area contributed by atoms with Crippen LogP contribution in [0.2, 0.25) is 0 Å². The lowest BCUT2D eigenvalue weighted by molar-refractivity contribution is 0.412. The number of H-pyrrole nitrogens is 1. The average molecular weight is 238 g/mol. The van der Waals surface area contributed by atoms with Gasteiger partial charge in [0.05, 0.1) is 6.54 Å². The molecule has 3 N–H and O–H groups in total. The van der Waals surface area contributed by atoms with E-state index in [4.69, 9.17) is 12.2 Å². The van der Waals surface area contributed by atoms with E-state index in [1.165, 1.54) is 32.1 Å². The van der Waals surface area contributed by atoms with Crippen LogP contribution in [0.15, 0.2) is 12.4 Å². The van der Waals surface area contributed by atoms with Gasteiger partial charge in [-0.25, -0.2) is 4.98 Å². The van der Waals surface area contributed by atoms with E-state index in [0.29, 0.717) is 12.6 Å². The van der Waals surface area contributed by atoms with Crippen LogP contribution < -0.4 is 10.6 Å². The minimum atomic E-state index is 0.561. The van der Waals surface area contributed by atoms with Crippen LogP contribution in [0.25, 0.3) is 0 Å². The Morgan fingerprint density at radius 1 is 1.44 bits per heavy atom. The minimum absolute atomic E-state index is 0.561. The van der Waals surface area contributed by atoms with Crippen LogP contribution in [0.3, 0.4) is 0 Å². The molecule has 0 aliphatic heterocycles. The average Bonchev–Trinajstić information content (AvgIpc) is 2.81. The fourth-order valence-electron chi connectivity index (χ4n) is 2.04. The third-order valence-corrected chi connectivity index (χ3v) is 3.17. The molecule has 1 aromatic rings. The summed E-state index contributed by atoms with van der Waals surface area (Å²) in [5.41, 5.74) is 0. The predicted octanol–water partition coefficient (Wildman–Crippen LogP) is 1.71. The Morgan fingerprint density at radius 3 is 2.94 bits per heavy atom. The SMILES string of the molecule is S=C(NCc1ncc[nH]1)NC1CCCCC1. The standard InChI is InChI=1S/C11H18N4S/c16-11(14-8-10-12-6-7-13-10)15-9-4-2-1-3-5-9/h6-7,9H,1-5,8H2,(H,12,13)(H2,14,15,16). The van der Waals surface area contributed by atoms with Crippen molar-refractivity contribution in [3.8, 4) is 0 Å². The van der Waals surface area contributed by atoms with Gasteiger partial charge in [-0.2, -0.15) is 0 Å². The van der Waals surface area contributed by atoms with Crippen LogP contribution in [0, 0.1) is 0 Å². The maximum absolute atomic E-state index is 5.24. The highest BCUT2D eigenvalue weighted by Crippen LogP contribution is 2.17. The molecule has 5 heteroatoms. The zero-order chi connectivity index (χ0) is 11.2. The molecule has 0 unspecified atom stereocenters. The van der Waals surface area contributed by atoms with Gasteiger partial charge in [0.2, 0.25) is 0 Å². The van der Waals surface area contributed by atoms with Gasteiger partial charge in [-0.1, -0.05) is 19.3 Å². The summed E-state index contributed by atoms with van der Waals surface area (Å²) in [5.74, 6) is 0.910. The molecule has 1 fully saturated rings. The largest absolute Gasteiger partial charge is 0.360 e. The molecule has 0 atom stereocenters. The first-order valence-electron chi connectivity index (χ1n) is 5.87. The molecule has 1 saturated carbocycles. The fourth-order valence-corrected chi connectivity index (χ4v) is 2.28. The van der Waals surface area contributed by atoms with E-state index in [9.17, 15) is 0 Å². The Hall–Kier alpha value is -1.10. The third kappa shape index (κ3) is 3.48. The van der Waals surface area contributed by atoms with Gasteiger partial charge in [0, 0.05) is 18.4 Å². The van der Waals surface area contributed by atoms with E-state index in [1.54, 1.807) is 6.20 Å². The van der Waals surface area contributed by atoms with E-state index in [1.807, 2.05) is 6.20 Å². The summed E-state index contributed by atoms with van der Waals surface area (Å²) in [6.45, 7) is 0.658. The van der Waals surface area contributed by atoms with Crippen molar-refractivity contribution in [2.24, 2.45) is 0 Å². The summed E-state index contributed by atoms with van der Waals surface area (Å²) in [4.78, 5) is 7.16. The topological polar surface area (TPSA) is 52.7 Å². The number of hydrogen-bond donors (Lipinski definition) is 3. The molecular formula is C11H18N4S. The van der Waals surface area contributed by atoms with E-state index in [0.717, 1.165) is 10.9 Å². The Bertz CT molecular complexity index is 317. The van der Waals surface area contributed by atoms with Gasteiger partial charge in [0.1, 0.15) is 5.82 Å². The first-order valence-corrected chi connectivity index (χ1v) is 6.28. The summed E-state index contributed by atoms with van der Waals surface area (Å²) in [7, 11) is 0. The second-order valence-corrected chi connectivity index (χ2v) is 4.61. The van der Waals surface area contributed by atoms with Crippen molar-refractivity contribution >= 4 is 17.3 Å². The number of rotatable bonds is 3. The maximum Gasteiger partial charge on any atom is 0.166 e. The van der Waals surface area contributed by atoms with E-state index in [2.05, 4.69) is 20.6 Å². The molecule has 1 aromatic heterocycles. The molecule has 16 heavy (non-hydrogen) atoms. The summed E-state index contributed by atoms with van der Waals surface area (Å²) >= 11 is 5.24. The van der Waals surface area contributed by atoms with Crippen LogP contribution in [-0.2, 0) is 6.54 Å². The second kappa shape index (κ2) is 5.84. The van der Waals surface area contributed by atoms with E-state index in [-0.39, 0.29) is 0 Å². The monoisotopic (exact) mass is 238 g/mol. The molecule has 0 amide bonds. The van der Waals surface area contributed by atoms with Crippen LogP contribution in [0.5, 0.6) is 0 Å². The molecule has 1 aliphatic carbocycles. The first-order chi connectivity index (χ1) is 7.84. The predicted molar refractivity (Wildman–Crippen MR) is 68.0 cm³/mol. The summed E-state index contributed by atoms with van der Waals surface area (Å²) in [6, 6.07) is 0.561. The molecule has 4 nitrogen and oxygen atoms in total. The van der Waals surface area contributed by atoms with Gasteiger partial charge in [-0.05, 0) is 25.1 Å². The first kappa shape index (κ1) is 11.4. The van der Waals surface area contributed by atoms with Crippen LogP contribution in [0.4, 0.5) is 0 Å². The number of aromatic amines is 1. The Morgan fingerprint density at radius 2 is 2.25 bits per heavy atom. The Balaban J connectivity index is 1.67. The number of imidazole rings is 1. The van der Waals surface area contributed by atoms with Crippen molar-refractivity contribution in [1.82, 2.24) is 20.6 Å². The van der Waals surface area contributed by atoms with Crippen molar-refractivity contribution in [1.29, 1.82) is 0 Å². The van der Waals surface area contributed by atoms with Gasteiger partial charge < -0.3 is 15.6 Å². The molecule has 0 spiro atoms. The van der Waals surface area contributed by atoms with Crippen molar-refractivity contribution in [3.05, 3.63) is 18.2 Å². The summed E-state index contributed by atoms with van der Waals surface area (Å²) in [5, 5.41) is 7.26. The molecule has 0 radical (unpaired) electrons. The highest BCUT2D eigenvalue weighted by atomic mass is 32.1. The number of nitrogens with zero attached hydrogens (tertiary/aromatic N) is 1. The van der Waals surface area contributed by atoms with E-state index < -0.39 is 0 Å². The molecular weight excluding hydrogens is 220 g/mol. The smallest absolute Gasteiger partial charge is 0.166 e. The zero-order valence-corrected chi connectivity index (χ0v) is 10.1. The molecule has 0 aromatic carbocycles. The second-order valence-electron chi connectivity index (χ2n) is 4.20. The van der Waals surface area contributed by atoms with Crippen molar-refractivity contribution in [2.75, 3.05) is 0 Å². The molecule has 88 valence electrons. The quantitative estimate of drug-likeness (QED) is 0.702. The lowest BCUT2D eigenvalue weighted by Gasteiger charge is -2.24. The molecule has 0 saturated heterocycles. The van der Waals surface area contributed by atoms with Crippen LogP contribution in [0.1, 0.15) is 37.9 Å². The van der Waals surface area contributed by atoms with Gasteiger partial charge in [-0.3, -0.25) is 0 Å². The highest BCUT2D eigenvalue weighted by Gasteiger charge is 2.13. The zero-order valence-electron chi connectivity index (χ0n) is 9.33. The third-order valence-electron chi connectivity index (χ3n) is 2.91. The van der Waals surface area contributed by atoms with Crippen molar-refractivity contribution in [2.45, 2.75) is 44.7 Å². The summed E-state index contributed by atoms with van der Waals surface area (Å²) < 4.78 is 0. The van der Waals surface area contributed by atoms with E-state index >= 15 is 0 Å². The Kier molecular flexibility index (Phi) is 4.16. The van der Waals surface area contributed by atoms with Crippen LogP contribution >= 0.6 is 12.2 Å². The van der Waals surface area contributed by atoms with Gasteiger partial charge in [-0.15, -0.1) is 0 Å².